The second kappa shape index (κ2) is 8.30. The van der Waals surface area contributed by atoms with Gasteiger partial charge in [-0.2, -0.15) is 4.31 Å². The summed E-state index contributed by atoms with van der Waals surface area (Å²) in [5.74, 6) is -0.968. The molecule has 0 saturated carbocycles. The Kier molecular flexibility index (Phi) is 6.16. The van der Waals surface area contributed by atoms with Crippen LogP contribution in [0.4, 0.5) is 4.39 Å². The fraction of sp³-hybridized carbons (Fsp3) is 0.350. The summed E-state index contributed by atoms with van der Waals surface area (Å²) in [6.45, 7) is 1.34. The predicted molar refractivity (Wildman–Crippen MR) is 107 cm³/mol. The minimum atomic E-state index is -3.98. The van der Waals surface area contributed by atoms with Gasteiger partial charge in [0.1, 0.15) is 5.75 Å². The molecule has 1 aliphatic heterocycles. The van der Waals surface area contributed by atoms with Gasteiger partial charge in [0.05, 0.1) is 11.5 Å². The number of ether oxygens (including phenoxy) is 1. The van der Waals surface area contributed by atoms with Crippen LogP contribution in [0.5, 0.6) is 5.75 Å². The van der Waals surface area contributed by atoms with Crippen LogP contribution in [-0.2, 0) is 19.6 Å². The zero-order valence-electron chi connectivity index (χ0n) is 15.8. The van der Waals surface area contributed by atoms with Crippen molar-refractivity contribution in [3.05, 3.63) is 47.5 Å². The first-order valence-electron chi connectivity index (χ1n) is 9.12. The number of phenols is 1. The van der Waals surface area contributed by atoms with Gasteiger partial charge in [-0.25, -0.2) is 17.6 Å². The number of hydrogen-bond donors (Lipinski definition) is 1. The van der Waals surface area contributed by atoms with Gasteiger partial charge in [0.2, 0.25) is 15.7 Å². The van der Waals surface area contributed by atoms with Crippen LogP contribution >= 0.6 is 11.6 Å². The molecule has 0 aromatic heterocycles. The molecule has 1 aliphatic rings. The highest BCUT2D eigenvalue weighted by atomic mass is 35.5. The Morgan fingerprint density at radius 3 is 2.55 bits per heavy atom. The van der Waals surface area contributed by atoms with E-state index in [-0.39, 0.29) is 43.2 Å². The molecule has 0 spiro atoms. The second-order valence-corrected chi connectivity index (χ2v) is 9.12. The van der Waals surface area contributed by atoms with Gasteiger partial charge in [0.25, 0.3) is 0 Å². The van der Waals surface area contributed by atoms with E-state index in [9.17, 15) is 22.7 Å². The van der Waals surface area contributed by atoms with Crippen LogP contribution in [-0.4, -0.2) is 49.2 Å². The van der Waals surface area contributed by atoms with Crippen molar-refractivity contribution in [3.63, 3.8) is 0 Å². The van der Waals surface area contributed by atoms with Gasteiger partial charge in [0.15, 0.2) is 0 Å². The fourth-order valence-electron chi connectivity index (χ4n) is 3.31. The van der Waals surface area contributed by atoms with Crippen molar-refractivity contribution in [2.75, 3.05) is 19.7 Å². The molecule has 1 heterocycles. The van der Waals surface area contributed by atoms with E-state index in [0.717, 1.165) is 4.31 Å². The molecule has 2 aromatic rings. The number of nitrogens with zero attached hydrogens (tertiary/aromatic N) is 1. The van der Waals surface area contributed by atoms with Crippen molar-refractivity contribution >= 4 is 27.6 Å². The normalized spacial score (nSPS) is 17.1. The summed E-state index contributed by atoms with van der Waals surface area (Å²) in [6, 6.07) is 10.5. The first-order chi connectivity index (χ1) is 13.7. The van der Waals surface area contributed by atoms with Crippen molar-refractivity contribution in [3.8, 4) is 16.9 Å². The quantitative estimate of drug-likeness (QED) is 0.714. The van der Waals surface area contributed by atoms with E-state index in [1.54, 1.807) is 19.1 Å². The standard InChI is InChI=1S/C20H21ClFNO5S/c1-2-28-19(25)20(22)8-10-23(11-9-20)29(26,27)18-7-6-15(21)13-17(18)14-4-3-5-16(24)12-14/h3-7,12-13,24H,2,8-11H2,1H3. The number of piperidine rings is 1. The lowest BCUT2D eigenvalue weighted by atomic mass is 9.95. The third kappa shape index (κ3) is 4.39. The van der Waals surface area contributed by atoms with Gasteiger partial charge >= 0.3 is 5.97 Å². The smallest absolute Gasteiger partial charge is 0.343 e. The van der Waals surface area contributed by atoms with E-state index in [1.165, 1.54) is 30.3 Å². The molecule has 0 atom stereocenters. The first-order valence-corrected chi connectivity index (χ1v) is 10.9. The fourth-order valence-corrected chi connectivity index (χ4v) is 5.12. The van der Waals surface area contributed by atoms with Gasteiger partial charge in [-0.1, -0.05) is 23.7 Å². The number of esters is 1. The van der Waals surface area contributed by atoms with Gasteiger partial charge < -0.3 is 9.84 Å². The van der Waals surface area contributed by atoms with Crippen LogP contribution in [0, 0.1) is 0 Å². The molecule has 0 aliphatic carbocycles. The molecule has 2 aromatic carbocycles. The lowest BCUT2D eigenvalue weighted by Crippen LogP contribution is -2.49. The monoisotopic (exact) mass is 441 g/mol. The average Bonchev–Trinajstić information content (AvgIpc) is 2.68. The van der Waals surface area contributed by atoms with Gasteiger partial charge in [-0.05, 0) is 42.8 Å². The van der Waals surface area contributed by atoms with Crippen molar-refractivity contribution in [2.24, 2.45) is 0 Å². The van der Waals surface area contributed by atoms with E-state index in [1.807, 2.05) is 0 Å². The number of halogens is 2. The SMILES string of the molecule is CCOC(=O)C1(F)CCN(S(=O)(=O)c2ccc(Cl)cc2-c2cccc(O)c2)CC1. The molecule has 6 nitrogen and oxygen atoms in total. The zero-order chi connectivity index (χ0) is 21.2. The van der Waals surface area contributed by atoms with Crippen LogP contribution in [0.3, 0.4) is 0 Å². The summed E-state index contributed by atoms with van der Waals surface area (Å²) in [4.78, 5) is 11.8. The maximum atomic E-state index is 14.8. The number of benzene rings is 2. The van der Waals surface area contributed by atoms with E-state index in [2.05, 4.69) is 0 Å². The highest BCUT2D eigenvalue weighted by Gasteiger charge is 2.45. The van der Waals surface area contributed by atoms with E-state index in [0.29, 0.717) is 16.1 Å². The van der Waals surface area contributed by atoms with Gasteiger partial charge in [-0.3, -0.25) is 0 Å². The number of sulfonamides is 1. The molecule has 29 heavy (non-hydrogen) atoms. The number of carbonyl (C=O) groups excluding carboxylic acids is 1. The molecule has 0 bridgehead atoms. The Labute approximate surface area is 173 Å². The van der Waals surface area contributed by atoms with Gasteiger partial charge in [-0.15, -0.1) is 0 Å². The molecular weight excluding hydrogens is 421 g/mol. The lowest BCUT2D eigenvalue weighted by molar-refractivity contribution is -0.160. The summed E-state index contributed by atoms with van der Waals surface area (Å²) in [7, 11) is -3.98. The van der Waals surface area contributed by atoms with Crippen molar-refractivity contribution < 1.29 is 27.4 Å². The number of aromatic hydroxyl groups is 1. The number of hydrogen-bond acceptors (Lipinski definition) is 5. The molecule has 156 valence electrons. The summed E-state index contributed by atoms with van der Waals surface area (Å²) < 4.78 is 47.3. The molecule has 3 rings (SSSR count). The van der Waals surface area contributed by atoms with Crippen LogP contribution < -0.4 is 0 Å². The first kappa shape index (κ1) is 21.5. The molecule has 1 N–H and O–H groups in total. The van der Waals surface area contributed by atoms with E-state index >= 15 is 0 Å². The van der Waals surface area contributed by atoms with Gasteiger partial charge in [0, 0.05) is 36.5 Å². The molecular formula is C20H21ClFNO5S. The zero-order valence-corrected chi connectivity index (χ0v) is 17.3. The Bertz CT molecular complexity index is 1020. The summed E-state index contributed by atoms with van der Waals surface area (Å²) in [5, 5.41) is 10.1. The third-order valence-electron chi connectivity index (χ3n) is 4.87. The summed E-state index contributed by atoms with van der Waals surface area (Å²) in [5.41, 5.74) is -1.37. The molecule has 0 radical (unpaired) electrons. The Morgan fingerprint density at radius 1 is 1.24 bits per heavy atom. The van der Waals surface area contributed by atoms with Crippen molar-refractivity contribution in [1.82, 2.24) is 4.31 Å². The van der Waals surface area contributed by atoms with Crippen LogP contribution in [0.25, 0.3) is 11.1 Å². The van der Waals surface area contributed by atoms with Crippen LogP contribution in [0.2, 0.25) is 5.02 Å². The molecule has 1 saturated heterocycles. The molecule has 0 amide bonds. The second-order valence-electron chi connectivity index (χ2n) is 6.78. The molecule has 1 fully saturated rings. The summed E-state index contributed by atoms with van der Waals surface area (Å²) in [6.07, 6.45) is -0.555. The Hall–Kier alpha value is -2.16. The minimum absolute atomic E-state index is 0.00464. The lowest BCUT2D eigenvalue weighted by Gasteiger charge is -2.34. The van der Waals surface area contributed by atoms with Crippen molar-refractivity contribution in [2.45, 2.75) is 30.3 Å². The van der Waals surface area contributed by atoms with E-state index < -0.39 is 21.7 Å². The third-order valence-corrected chi connectivity index (χ3v) is 7.06. The predicted octanol–water partition coefficient (Wildman–Crippen LogP) is 3.77. The maximum Gasteiger partial charge on any atom is 0.343 e. The minimum Gasteiger partial charge on any atom is -0.508 e. The van der Waals surface area contributed by atoms with Crippen LogP contribution in [0.1, 0.15) is 19.8 Å². The highest BCUT2D eigenvalue weighted by Crippen LogP contribution is 2.36. The Morgan fingerprint density at radius 2 is 1.93 bits per heavy atom. The number of phenolic OH excluding ortho intramolecular Hbond substituents is 1. The maximum absolute atomic E-state index is 14.8. The molecule has 0 unspecified atom stereocenters. The highest BCUT2D eigenvalue weighted by molar-refractivity contribution is 7.89. The number of carbonyl (C=O) groups is 1. The summed E-state index contributed by atoms with van der Waals surface area (Å²) >= 11 is 6.07. The van der Waals surface area contributed by atoms with Crippen molar-refractivity contribution in [1.29, 1.82) is 0 Å². The average molecular weight is 442 g/mol. The number of alkyl halides is 1. The van der Waals surface area contributed by atoms with Crippen LogP contribution in [0.15, 0.2) is 47.4 Å². The Balaban J connectivity index is 1.92. The van der Waals surface area contributed by atoms with E-state index in [4.69, 9.17) is 16.3 Å². The topological polar surface area (TPSA) is 83.9 Å². The largest absolute Gasteiger partial charge is 0.508 e. The molecule has 9 heteroatoms. The number of rotatable bonds is 5.